The van der Waals surface area contributed by atoms with Crippen molar-refractivity contribution in [2.45, 2.75) is 39.2 Å². The van der Waals surface area contributed by atoms with Gasteiger partial charge in [-0.05, 0) is 12.3 Å². The van der Waals surface area contributed by atoms with Crippen LogP contribution in [0.2, 0.25) is 0 Å². The van der Waals surface area contributed by atoms with E-state index in [2.05, 4.69) is 28.6 Å². The van der Waals surface area contributed by atoms with Crippen LogP contribution in [0.3, 0.4) is 0 Å². The number of aromatic nitrogens is 3. The smallest absolute Gasteiger partial charge is 0.137 e. The van der Waals surface area contributed by atoms with Gasteiger partial charge in [0.25, 0.3) is 0 Å². The van der Waals surface area contributed by atoms with Crippen LogP contribution in [0.5, 0.6) is 0 Å². The molecule has 2 unspecified atom stereocenters. The highest BCUT2D eigenvalue weighted by Crippen LogP contribution is 2.22. The molecule has 4 nitrogen and oxygen atoms in total. The van der Waals surface area contributed by atoms with Gasteiger partial charge in [0.2, 0.25) is 0 Å². The third-order valence-electron chi connectivity index (χ3n) is 3.03. The first-order valence-electron chi connectivity index (χ1n) is 5.34. The van der Waals surface area contributed by atoms with Crippen LogP contribution in [0.4, 0.5) is 0 Å². The zero-order valence-electron chi connectivity index (χ0n) is 8.90. The quantitative estimate of drug-likeness (QED) is 0.761. The van der Waals surface area contributed by atoms with Crippen molar-refractivity contribution in [3.05, 3.63) is 11.6 Å². The third kappa shape index (κ3) is 1.54. The number of nitrogens with two attached hydrogens (primary N) is 1. The highest BCUT2D eigenvalue weighted by molar-refractivity contribution is 5.04. The number of nitrogens with zero attached hydrogens (tertiary/aromatic N) is 3. The standard InChI is InChI=1S/C10H18N4/c1-7-3-4-14-9(5-7)12-13-10(14)8(2)6-11/h7-8H,3-6,11H2,1-2H3. The lowest BCUT2D eigenvalue weighted by atomic mass is 10.00. The molecule has 1 aromatic heterocycles. The molecule has 2 heterocycles. The molecule has 0 amide bonds. The van der Waals surface area contributed by atoms with E-state index in [1.807, 2.05) is 0 Å². The van der Waals surface area contributed by atoms with Crippen LogP contribution in [0.1, 0.15) is 37.8 Å². The Bertz CT molecular complexity index is 318. The van der Waals surface area contributed by atoms with Gasteiger partial charge in [-0.25, -0.2) is 0 Å². The van der Waals surface area contributed by atoms with Crippen molar-refractivity contribution < 1.29 is 0 Å². The molecule has 0 fully saturated rings. The van der Waals surface area contributed by atoms with Gasteiger partial charge in [-0.3, -0.25) is 0 Å². The molecule has 1 aromatic rings. The summed E-state index contributed by atoms with van der Waals surface area (Å²) in [5.41, 5.74) is 5.64. The average molecular weight is 194 g/mol. The molecule has 2 N–H and O–H groups in total. The number of hydrogen-bond donors (Lipinski definition) is 1. The predicted octanol–water partition coefficient (Wildman–Crippen LogP) is 0.923. The van der Waals surface area contributed by atoms with Crippen molar-refractivity contribution in [3.8, 4) is 0 Å². The number of hydrogen-bond acceptors (Lipinski definition) is 3. The molecule has 14 heavy (non-hydrogen) atoms. The summed E-state index contributed by atoms with van der Waals surface area (Å²) in [6.07, 6.45) is 2.29. The summed E-state index contributed by atoms with van der Waals surface area (Å²) in [6, 6.07) is 0. The van der Waals surface area contributed by atoms with E-state index in [4.69, 9.17) is 5.73 Å². The molecule has 0 spiro atoms. The van der Waals surface area contributed by atoms with Gasteiger partial charge in [0.15, 0.2) is 0 Å². The van der Waals surface area contributed by atoms with Crippen molar-refractivity contribution in [1.82, 2.24) is 14.8 Å². The Hall–Kier alpha value is -0.900. The minimum Gasteiger partial charge on any atom is -0.330 e. The highest BCUT2D eigenvalue weighted by atomic mass is 15.3. The summed E-state index contributed by atoms with van der Waals surface area (Å²) >= 11 is 0. The number of fused-ring (bicyclic) bond motifs is 1. The van der Waals surface area contributed by atoms with Gasteiger partial charge in [0, 0.05) is 25.4 Å². The Morgan fingerprint density at radius 3 is 3.07 bits per heavy atom. The van der Waals surface area contributed by atoms with Crippen LogP contribution >= 0.6 is 0 Å². The van der Waals surface area contributed by atoms with Crippen LogP contribution in [0.25, 0.3) is 0 Å². The molecule has 0 radical (unpaired) electrons. The first-order valence-corrected chi connectivity index (χ1v) is 5.34. The third-order valence-corrected chi connectivity index (χ3v) is 3.03. The summed E-state index contributed by atoms with van der Waals surface area (Å²) in [4.78, 5) is 0. The first kappa shape index (κ1) is 9.65. The Kier molecular flexibility index (Phi) is 2.54. The molecule has 2 rings (SSSR count). The molecule has 2 atom stereocenters. The van der Waals surface area contributed by atoms with Crippen LogP contribution in [-0.4, -0.2) is 21.3 Å². The van der Waals surface area contributed by atoms with Crippen molar-refractivity contribution in [2.75, 3.05) is 6.54 Å². The minimum absolute atomic E-state index is 0.324. The fourth-order valence-electron chi connectivity index (χ4n) is 1.98. The Balaban J connectivity index is 2.28. The first-order chi connectivity index (χ1) is 6.72. The molecule has 0 bridgehead atoms. The van der Waals surface area contributed by atoms with Crippen LogP contribution in [0, 0.1) is 5.92 Å². The SMILES string of the molecule is CC1CCn2c(nnc2C(C)CN)C1. The van der Waals surface area contributed by atoms with Gasteiger partial charge >= 0.3 is 0 Å². The van der Waals surface area contributed by atoms with Crippen LogP contribution < -0.4 is 5.73 Å². The van der Waals surface area contributed by atoms with E-state index in [-0.39, 0.29) is 0 Å². The van der Waals surface area contributed by atoms with E-state index in [9.17, 15) is 0 Å². The van der Waals surface area contributed by atoms with Crippen molar-refractivity contribution in [1.29, 1.82) is 0 Å². The van der Waals surface area contributed by atoms with Crippen LogP contribution in [0.15, 0.2) is 0 Å². The van der Waals surface area contributed by atoms with E-state index >= 15 is 0 Å². The maximum atomic E-state index is 5.64. The van der Waals surface area contributed by atoms with E-state index in [1.54, 1.807) is 0 Å². The predicted molar refractivity (Wildman–Crippen MR) is 55.0 cm³/mol. The molecule has 1 aliphatic heterocycles. The van der Waals surface area contributed by atoms with E-state index < -0.39 is 0 Å². The van der Waals surface area contributed by atoms with Crippen molar-refractivity contribution >= 4 is 0 Å². The summed E-state index contributed by atoms with van der Waals surface area (Å²) < 4.78 is 2.25. The minimum atomic E-state index is 0.324. The van der Waals surface area contributed by atoms with E-state index in [1.165, 1.54) is 6.42 Å². The average Bonchev–Trinajstić information content (AvgIpc) is 2.59. The fraction of sp³-hybridized carbons (Fsp3) is 0.800. The lowest BCUT2D eigenvalue weighted by Crippen LogP contribution is -2.21. The van der Waals surface area contributed by atoms with E-state index in [0.717, 1.165) is 30.5 Å². The largest absolute Gasteiger partial charge is 0.330 e. The topological polar surface area (TPSA) is 56.7 Å². The maximum absolute atomic E-state index is 5.64. The summed E-state index contributed by atoms with van der Waals surface area (Å²) in [5, 5.41) is 8.47. The molecule has 4 heteroatoms. The fourth-order valence-corrected chi connectivity index (χ4v) is 1.98. The van der Waals surface area contributed by atoms with Crippen molar-refractivity contribution in [2.24, 2.45) is 11.7 Å². The molecule has 0 saturated heterocycles. The van der Waals surface area contributed by atoms with Gasteiger partial charge < -0.3 is 10.3 Å². The monoisotopic (exact) mass is 194 g/mol. The van der Waals surface area contributed by atoms with Gasteiger partial charge in [-0.1, -0.05) is 13.8 Å². The van der Waals surface area contributed by atoms with E-state index in [0.29, 0.717) is 12.5 Å². The zero-order valence-corrected chi connectivity index (χ0v) is 8.90. The second-order valence-electron chi connectivity index (χ2n) is 4.36. The number of rotatable bonds is 2. The summed E-state index contributed by atoms with van der Waals surface area (Å²) in [7, 11) is 0. The molecule has 78 valence electrons. The maximum Gasteiger partial charge on any atom is 0.137 e. The zero-order chi connectivity index (χ0) is 10.1. The highest BCUT2D eigenvalue weighted by Gasteiger charge is 2.22. The molecule has 0 saturated carbocycles. The molecule has 0 aromatic carbocycles. The Labute approximate surface area is 84.5 Å². The van der Waals surface area contributed by atoms with Gasteiger partial charge in [0.05, 0.1) is 0 Å². The van der Waals surface area contributed by atoms with Crippen LogP contribution in [-0.2, 0) is 13.0 Å². The Morgan fingerprint density at radius 2 is 2.36 bits per heavy atom. The molecule has 0 aliphatic carbocycles. The molecular formula is C10H18N4. The Morgan fingerprint density at radius 1 is 1.57 bits per heavy atom. The summed E-state index contributed by atoms with van der Waals surface area (Å²) in [5.74, 6) is 3.27. The summed E-state index contributed by atoms with van der Waals surface area (Å²) in [6.45, 7) is 6.08. The normalized spacial score (nSPS) is 23.2. The van der Waals surface area contributed by atoms with Gasteiger partial charge in [-0.2, -0.15) is 0 Å². The molecule has 1 aliphatic rings. The lowest BCUT2D eigenvalue weighted by Gasteiger charge is -2.21. The van der Waals surface area contributed by atoms with Gasteiger partial charge in [0.1, 0.15) is 11.6 Å². The second-order valence-corrected chi connectivity index (χ2v) is 4.36. The molecular weight excluding hydrogens is 176 g/mol. The van der Waals surface area contributed by atoms with Gasteiger partial charge in [-0.15, -0.1) is 10.2 Å². The second kappa shape index (κ2) is 3.69. The lowest BCUT2D eigenvalue weighted by molar-refractivity contribution is 0.398. The van der Waals surface area contributed by atoms with Crippen molar-refractivity contribution in [3.63, 3.8) is 0 Å².